The highest BCUT2D eigenvalue weighted by Crippen LogP contribution is 2.30. The third kappa shape index (κ3) is 1.07. The van der Waals surface area contributed by atoms with Crippen LogP contribution < -0.4 is 5.32 Å². The molecule has 11 heavy (non-hydrogen) atoms. The molecule has 0 spiro atoms. The maximum atomic E-state index is 10.9. The zero-order chi connectivity index (χ0) is 8.48. The smallest absolute Gasteiger partial charge is 0.273 e. The van der Waals surface area contributed by atoms with Gasteiger partial charge in [-0.25, -0.2) is 0 Å². The van der Waals surface area contributed by atoms with Crippen LogP contribution in [0.2, 0.25) is 0 Å². The highest BCUT2D eigenvalue weighted by Gasteiger charge is 2.47. The van der Waals surface area contributed by atoms with Crippen molar-refractivity contribution in [3.05, 3.63) is 0 Å². The van der Waals surface area contributed by atoms with Gasteiger partial charge < -0.3 is 5.32 Å². The van der Waals surface area contributed by atoms with Crippen LogP contribution >= 0.6 is 24.0 Å². The summed E-state index contributed by atoms with van der Waals surface area (Å²) < 4.78 is -1.48. The molecule has 0 aromatic carbocycles. The lowest BCUT2D eigenvalue weighted by Crippen LogP contribution is -2.33. The lowest BCUT2D eigenvalue weighted by molar-refractivity contribution is -0.119. The highest BCUT2D eigenvalue weighted by molar-refractivity contribution is 8.25. The molecule has 0 aromatic rings. The van der Waals surface area contributed by atoms with Gasteiger partial charge in [0.25, 0.3) is 10.7 Å². The predicted molar refractivity (Wildman–Crippen MR) is 42.3 cm³/mol. The Morgan fingerprint density at radius 2 is 2.09 bits per heavy atom. The van der Waals surface area contributed by atoms with E-state index < -0.39 is 10.7 Å². The van der Waals surface area contributed by atoms with Crippen molar-refractivity contribution < 1.29 is 4.79 Å². The molecule has 1 heterocycles. The summed E-state index contributed by atoms with van der Waals surface area (Å²) in [7, 11) is 0. The Labute approximate surface area is 72.2 Å². The van der Waals surface area contributed by atoms with Gasteiger partial charge >= 0.3 is 0 Å². The van der Waals surface area contributed by atoms with Gasteiger partial charge in [0.1, 0.15) is 16.5 Å². The second-order valence-corrected chi connectivity index (χ2v) is 3.64. The SMILES string of the molecule is N#CC1(C#N)SC(=S)NC1=O. The molecule has 0 aromatic heterocycles. The number of amides is 1. The number of nitrogens with zero attached hydrogens (tertiary/aromatic N) is 2. The maximum Gasteiger partial charge on any atom is 0.273 e. The Morgan fingerprint density at radius 3 is 2.27 bits per heavy atom. The number of thioether (sulfide) groups is 1. The normalized spacial score (nSPS) is 20.2. The number of nitrogens with one attached hydrogen (secondary N) is 1. The van der Waals surface area contributed by atoms with Crippen LogP contribution in [0.5, 0.6) is 0 Å². The average Bonchev–Trinajstić information content (AvgIpc) is 2.27. The van der Waals surface area contributed by atoms with Gasteiger partial charge in [0.2, 0.25) is 0 Å². The molecule has 0 radical (unpaired) electrons. The lowest BCUT2D eigenvalue weighted by atomic mass is 10.2. The Hall–Kier alpha value is -1.11. The average molecular weight is 183 g/mol. The van der Waals surface area contributed by atoms with Crippen molar-refractivity contribution in [2.75, 3.05) is 0 Å². The molecule has 54 valence electrons. The highest BCUT2D eigenvalue weighted by atomic mass is 32.2. The van der Waals surface area contributed by atoms with E-state index in [0.717, 1.165) is 11.8 Å². The van der Waals surface area contributed by atoms with Crippen molar-refractivity contribution in [2.45, 2.75) is 4.75 Å². The number of rotatable bonds is 0. The summed E-state index contributed by atoms with van der Waals surface area (Å²) in [5, 5.41) is 19.2. The minimum Gasteiger partial charge on any atom is -0.308 e. The molecule has 0 aliphatic carbocycles. The number of nitriles is 2. The van der Waals surface area contributed by atoms with E-state index in [9.17, 15) is 4.79 Å². The summed E-state index contributed by atoms with van der Waals surface area (Å²) in [6, 6.07) is 3.22. The number of hydrogen-bond acceptors (Lipinski definition) is 5. The minimum absolute atomic E-state index is 0.179. The summed E-state index contributed by atoms with van der Waals surface area (Å²) >= 11 is 5.38. The fourth-order valence-corrected chi connectivity index (χ4v) is 1.69. The summed E-state index contributed by atoms with van der Waals surface area (Å²) in [6.07, 6.45) is 0. The second-order valence-electron chi connectivity index (χ2n) is 1.75. The number of carbonyl (C=O) groups is 1. The zero-order valence-electron chi connectivity index (χ0n) is 5.12. The van der Waals surface area contributed by atoms with E-state index >= 15 is 0 Å². The van der Waals surface area contributed by atoms with Gasteiger partial charge in [0.05, 0.1) is 0 Å². The molecule has 6 heteroatoms. The van der Waals surface area contributed by atoms with Crippen molar-refractivity contribution in [1.29, 1.82) is 10.5 Å². The summed E-state index contributed by atoms with van der Waals surface area (Å²) in [5.41, 5.74) is 0. The first-order valence-corrected chi connectivity index (χ1v) is 3.74. The Kier molecular flexibility index (Phi) is 1.81. The van der Waals surface area contributed by atoms with E-state index in [1.54, 1.807) is 12.1 Å². The topological polar surface area (TPSA) is 76.7 Å². The van der Waals surface area contributed by atoms with Crippen LogP contribution in [0.15, 0.2) is 0 Å². The van der Waals surface area contributed by atoms with E-state index in [1.807, 2.05) is 0 Å². The van der Waals surface area contributed by atoms with Crippen molar-refractivity contribution in [3.63, 3.8) is 0 Å². The number of thiocarbonyl (C=S) groups is 1. The van der Waals surface area contributed by atoms with Crippen molar-refractivity contribution >= 4 is 34.2 Å². The van der Waals surface area contributed by atoms with Crippen LogP contribution in [-0.2, 0) is 4.79 Å². The molecule has 0 saturated carbocycles. The quantitative estimate of drug-likeness (QED) is 0.531. The van der Waals surface area contributed by atoms with E-state index in [4.69, 9.17) is 10.5 Å². The molecular weight excluding hydrogens is 182 g/mol. The van der Waals surface area contributed by atoms with E-state index in [0.29, 0.717) is 0 Å². The molecule has 0 bridgehead atoms. The first kappa shape index (κ1) is 7.99. The van der Waals surface area contributed by atoms with E-state index in [-0.39, 0.29) is 4.32 Å². The predicted octanol–water partition coefficient (Wildman–Crippen LogP) is -0.0797. The van der Waals surface area contributed by atoms with Crippen LogP contribution in [0.4, 0.5) is 0 Å². The van der Waals surface area contributed by atoms with Crippen LogP contribution in [0.3, 0.4) is 0 Å². The van der Waals surface area contributed by atoms with Crippen LogP contribution in [0, 0.1) is 22.7 Å². The van der Waals surface area contributed by atoms with E-state index in [2.05, 4.69) is 17.5 Å². The molecule has 1 amide bonds. The van der Waals surface area contributed by atoms with Gasteiger partial charge in [-0.3, -0.25) is 4.79 Å². The fourth-order valence-electron chi connectivity index (χ4n) is 0.564. The molecule has 1 aliphatic rings. The molecule has 1 aliphatic heterocycles. The first-order valence-electron chi connectivity index (χ1n) is 2.51. The van der Waals surface area contributed by atoms with Crippen molar-refractivity contribution in [3.8, 4) is 12.1 Å². The number of hydrogen-bond donors (Lipinski definition) is 1. The molecule has 4 nitrogen and oxygen atoms in total. The Morgan fingerprint density at radius 1 is 1.55 bits per heavy atom. The summed E-state index contributed by atoms with van der Waals surface area (Å²) in [5.74, 6) is -0.641. The standard InChI is InChI=1S/C5HN3OS2/c6-1-5(2-7)3(9)8-4(10)11-5/h(H,8,9,10). The van der Waals surface area contributed by atoms with Crippen LogP contribution in [-0.4, -0.2) is 15.0 Å². The Bertz CT molecular complexity index is 297. The van der Waals surface area contributed by atoms with Crippen LogP contribution in [0.1, 0.15) is 0 Å². The summed E-state index contributed by atoms with van der Waals surface area (Å²) in [4.78, 5) is 10.9. The summed E-state index contributed by atoms with van der Waals surface area (Å²) in [6.45, 7) is 0. The first-order chi connectivity index (χ1) is 5.14. The monoisotopic (exact) mass is 183 g/mol. The minimum atomic E-state index is -1.66. The van der Waals surface area contributed by atoms with Gasteiger partial charge in [-0.05, 0) is 11.8 Å². The molecule has 0 unspecified atom stereocenters. The third-order valence-electron chi connectivity index (χ3n) is 1.10. The fraction of sp³-hybridized carbons (Fsp3) is 0.200. The molecule has 1 N–H and O–H groups in total. The van der Waals surface area contributed by atoms with Gasteiger partial charge in [0, 0.05) is 0 Å². The number of carbonyl (C=O) groups excluding carboxylic acids is 1. The third-order valence-corrected chi connectivity index (χ3v) is 2.41. The van der Waals surface area contributed by atoms with Gasteiger partial charge in [-0.1, -0.05) is 12.2 Å². The lowest BCUT2D eigenvalue weighted by Gasteiger charge is -2.00. The van der Waals surface area contributed by atoms with E-state index in [1.165, 1.54) is 0 Å². The molecule has 1 fully saturated rings. The van der Waals surface area contributed by atoms with Gasteiger partial charge in [-0.2, -0.15) is 10.5 Å². The van der Waals surface area contributed by atoms with Crippen molar-refractivity contribution in [2.24, 2.45) is 0 Å². The van der Waals surface area contributed by atoms with Gasteiger partial charge in [-0.15, -0.1) is 0 Å². The van der Waals surface area contributed by atoms with Crippen LogP contribution in [0.25, 0.3) is 0 Å². The van der Waals surface area contributed by atoms with Gasteiger partial charge in [0.15, 0.2) is 0 Å². The van der Waals surface area contributed by atoms with Crippen molar-refractivity contribution in [1.82, 2.24) is 5.32 Å². The maximum absolute atomic E-state index is 10.9. The molecule has 1 rings (SSSR count). The Balaban J connectivity index is 3.08. The molecular formula is C5HN3OS2. The molecule has 0 atom stereocenters. The second kappa shape index (κ2) is 2.50. The largest absolute Gasteiger partial charge is 0.308 e. The zero-order valence-corrected chi connectivity index (χ0v) is 6.75. The molecule has 1 saturated heterocycles.